The van der Waals surface area contributed by atoms with Crippen LogP contribution in [0.15, 0.2) is 23.1 Å². The Bertz CT molecular complexity index is 396. The largest absolute Gasteiger partial charge is 0.398 e. The molecule has 0 unspecified atom stereocenters. The van der Waals surface area contributed by atoms with Crippen molar-refractivity contribution in [2.45, 2.75) is 18.7 Å². The first kappa shape index (κ1) is 14.2. The van der Waals surface area contributed by atoms with Gasteiger partial charge in [0.1, 0.15) is 0 Å². The van der Waals surface area contributed by atoms with Crippen LogP contribution in [-0.4, -0.2) is 18.2 Å². The first-order chi connectivity index (χ1) is 7.99. The smallest absolute Gasteiger partial charge is 0.230 e. The quantitative estimate of drug-likeness (QED) is 0.640. The molecule has 0 aliphatic rings. The summed E-state index contributed by atoms with van der Waals surface area (Å²) in [4.78, 5) is 12.4. The summed E-state index contributed by atoms with van der Waals surface area (Å²) in [5.74, 6) is 0.862. The number of nitrogens with one attached hydrogen (secondary N) is 1. The van der Waals surface area contributed by atoms with Gasteiger partial charge in [0.15, 0.2) is 0 Å². The van der Waals surface area contributed by atoms with Crippen molar-refractivity contribution in [3.8, 4) is 0 Å². The molecular weight excluding hydrogens is 256 g/mol. The van der Waals surface area contributed by atoms with Crippen molar-refractivity contribution < 1.29 is 4.79 Å². The molecule has 0 atom stereocenters. The Morgan fingerprint density at radius 1 is 1.53 bits per heavy atom. The van der Waals surface area contributed by atoms with E-state index in [9.17, 15) is 4.79 Å². The molecule has 0 saturated heterocycles. The summed E-state index contributed by atoms with van der Waals surface area (Å²) < 4.78 is 0. The third-order valence-corrected chi connectivity index (χ3v) is 3.36. The molecular formula is C12H17ClN2OS. The van der Waals surface area contributed by atoms with Crippen molar-refractivity contribution >= 4 is 35.0 Å². The lowest BCUT2D eigenvalue weighted by molar-refractivity contribution is -0.118. The normalized spacial score (nSPS) is 10.6. The maximum atomic E-state index is 11.5. The molecule has 1 aromatic rings. The number of halogens is 1. The average molecular weight is 273 g/mol. The molecule has 5 heteroatoms. The van der Waals surface area contributed by atoms with Crippen LogP contribution in [0.2, 0.25) is 5.02 Å². The van der Waals surface area contributed by atoms with Crippen molar-refractivity contribution in [2.24, 2.45) is 5.92 Å². The predicted molar refractivity (Wildman–Crippen MR) is 74.4 cm³/mol. The highest BCUT2D eigenvalue weighted by molar-refractivity contribution is 8.00. The zero-order chi connectivity index (χ0) is 12.8. The minimum Gasteiger partial charge on any atom is -0.398 e. The number of nitrogens with two attached hydrogens (primary N) is 1. The molecule has 1 aromatic carbocycles. The van der Waals surface area contributed by atoms with Gasteiger partial charge in [0.25, 0.3) is 0 Å². The van der Waals surface area contributed by atoms with E-state index < -0.39 is 0 Å². The molecule has 0 fully saturated rings. The number of benzene rings is 1. The van der Waals surface area contributed by atoms with Gasteiger partial charge in [-0.25, -0.2) is 0 Å². The van der Waals surface area contributed by atoms with E-state index in [0.717, 1.165) is 4.90 Å². The molecule has 1 rings (SSSR count). The Morgan fingerprint density at radius 2 is 2.24 bits per heavy atom. The van der Waals surface area contributed by atoms with E-state index in [2.05, 4.69) is 19.2 Å². The molecule has 0 aliphatic carbocycles. The van der Waals surface area contributed by atoms with E-state index in [-0.39, 0.29) is 5.91 Å². The first-order valence-electron chi connectivity index (χ1n) is 5.43. The Balaban J connectivity index is 2.42. The molecule has 0 bridgehead atoms. The number of nitrogen functional groups attached to an aromatic ring is 1. The van der Waals surface area contributed by atoms with Crippen LogP contribution in [-0.2, 0) is 4.79 Å². The number of hydrogen-bond acceptors (Lipinski definition) is 3. The molecule has 3 nitrogen and oxygen atoms in total. The molecule has 0 aromatic heterocycles. The number of amides is 1. The van der Waals surface area contributed by atoms with Gasteiger partial charge in [0.05, 0.1) is 5.75 Å². The highest BCUT2D eigenvalue weighted by Gasteiger charge is 2.06. The Hall–Kier alpha value is -0.870. The standard InChI is InChI=1S/C12H17ClN2OS/c1-8(2)6-15-12(16)7-17-11-4-3-9(13)5-10(11)14/h3-5,8H,6-7,14H2,1-2H3,(H,15,16). The van der Waals surface area contributed by atoms with E-state index >= 15 is 0 Å². The van der Waals surface area contributed by atoms with E-state index in [1.807, 2.05) is 6.07 Å². The summed E-state index contributed by atoms with van der Waals surface area (Å²) in [5, 5.41) is 3.46. The lowest BCUT2D eigenvalue weighted by atomic mass is 10.2. The van der Waals surface area contributed by atoms with E-state index in [1.54, 1.807) is 12.1 Å². The Labute approximate surface area is 111 Å². The van der Waals surface area contributed by atoms with Gasteiger partial charge in [-0.2, -0.15) is 0 Å². The van der Waals surface area contributed by atoms with E-state index in [1.165, 1.54) is 11.8 Å². The summed E-state index contributed by atoms with van der Waals surface area (Å²) in [6, 6.07) is 5.29. The molecule has 1 amide bonds. The lowest BCUT2D eigenvalue weighted by Gasteiger charge is -2.08. The van der Waals surface area contributed by atoms with Crippen LogP contribution in [0.25, 0.3) is 0 Å². The van der Waals surface area contributed by atoms with E-state index in [0.29, 0.717) is 28.9 Å². The summed E-state index contributed by atoms with van der Waals surface area (Å²) in [5.41, 5.74) is 6.40. The fourth-order valence-corrected chi connectivity index (χ4v) is 2.12. The third kappa shape index (κ3) is 5.33. The van der Waals surface area contributed by atoms with Crippen molar-refractivity contribution in [1.82, 2.24) is 5.32 Å². The topological polar surface area (TPSA) is 55.1 Å². The fourth-order valence-electron chi connectivity index (χ4n) is 1.16. The minimum absolute atomic E-state index is 0.0260. The lowest BCUT2D eigenvalue weighted by Crippen LogP contribution is -2.28. The number of thioether (sulfide) groups is 1. The van der Waals surface area contributed by atoms with Gasteiger partial charge in [0, 0.05) is 22.2 Å². The highest BCUT2D eigenvalue weighted by atomic mass is 35.5. The van der Waals surface area contributed by atoms with Crippen molar-refractivity contribution in [3.05, 3.63) is 23.2 Å². The van der Waals surface area contributed by atoms with Gasteiger partial charge in [0.2, 0.25) is 5.91 Å². The molecule has 17 heavy (non-hydrogen) atoms. The highest BCUT2D eigenvalue weighted by Crippen LogP contribution is 2.27. The second kappa shape index (κ2) is 6.77. The average Bonchev–Trinajstić information content (AvgIpc) is 2.25. The van der Waals surface area contributed by atoms with Crippen LogP contribution in [0.1, 0.15) is 13.8 Å². The van der Waals surface area contributed by atoms with Crippen LogP contribution in [0.4, 0.5) is 5.69 Å². The molecule has 0 heterocycles. The monoisotopic (exact) mass is 272 g/mol. The van der Waals surface area contributed by atoms with Crippen molar-refractivity contribution in [1.29, 1.82) is 0 Å². The predicted octanol–water partition coefficient (Wildman–Crippen LogP) is 2.79. The molecule has 0 aliphatic heterocycles. The number of rotatable bonds is 5. The summed E-state index contributed by atoms with van der Waals surface area (Å²) in [6.07, 6.45) is 0. The van der Waals surface area contributed by atoms with Gasteiger partial charge in [-0.05, 0) is 24.1 Å². The number of carbonyl (C=O) groups is 1. The second-order valence-corrected chi connectivity index (χ2v) is 5.62. The summed E-state index contributed by atoms with van der Waals surface area (Å²) in [7, 11) is 0. The van der Waals surface area contributed by atoms with E-state index in [4.69, 9.17) is 17.3 Å². The first-order valence-corrected chi connectivity index (χ1v) is 6.80. The Morgan fingerprint density at radius 3 is 2.82 bits per heavy atom. The summed E-state index contributed by atoms with van der Waals surface area (Å²) in [6.45, 7) is 4.82. The van der Waals surface area contributed by atoms with Crippen LogP contribution in [0, 0.1) is 5.92 Å². The van der Waals surface area contributed by atoms with Gasteiger partial charge in [-0.15, -0.1) is 11.8 Å². The SMILES string of the molecule is CC(C)CNC(=O)CSc1ccc(Cl)cc1N. The van der Waals surface area contributed by atoms with Crippen LogP contribution < -0.4 is 11.1 Å². The van der Waals surface area contributed by atoms with Gasteiger partial charge in [-0.3, -0.25) is 4.79 Å². The van der Waals surface area contributed by atoms with Crippen molar-refractivity contribution in [2.75, 3.05) is 18.0 Å². The fraction of sp³-hybridized carbons (Fsp3) is 0.417. The zero-order valence-corrected chi connectivity index (χ0v) is 11.6. The summed E-state index contributed by atoms with van der Waals surface area (Å²) >= 11 is 7.22. The molecule has 0 saturated carbocycles. The number of hydrogen-bond donors (Lipinski definition) is 2. The molecule has 0 radical (unpaired) electrons. The van der Waals surface area contributed by atoms with Crippen LogP contribution in [0.5, 0.6) is 0 Å². The van der Waals surface area contributed by atoms with Gasteiger partial charge < -0.3 is 11.1 Å². The molecule has 3 N–H and O–H groups in total. The Kier molecular flexibility index (Phi) is 5.65. The molecule has 94 valence electrons. The van der Waals surface area contributed by atoms with Crippen LogP contribution >= 0.6 is 23.4 Å². The maximum Gasteiger partial charge on any atom is 0.230 e. The number of carbonyl (C=O) groups excluding carboxylic acids is 1. The third-order valence-electron chi connectivity index (χ3n) is 2.04. The van der Waals surface area contributed by atoms with Gasteiger partial charge in [-0.1, -0.05) is 25.4 Å². The minimum atomic E-state index is 0.0260. The maximum absolute atomic E-state index is 11.5. The van der Waals surface area contributed by atoms with Crippen molar-refractivity contribution in [3.63, 3.8) is 0 Å². The number of anilines is 1. The zero-order valence-electron chi connectivity index (χ0n) is 10.00. The van der Waals surface area contributed by atoms with Gasteiger partial charge >= 0.3 is 0 Å². The molecule has 0 spiro atoms. The second-order valence-electron chi connectivity index (χ2n) is 4.17. The van der Waals surface area contributed by atoms with Crippen LogP contribution in [0.3, 0.4) is 0 Å².